The molecule has 0 aliphatic rings. The first kappa shape index (κ1) is 13.6. The van der Waals surface area contributed by atoms with Crippen molar-refractivity contribution in [2.75, 3.05) is 13.2 Å². The molecule has 0 amide bonds. The van der Waals surface area contributed by atoms with Gasteiger partial charge in [-0.15, -0.1) is 0 Å². The van der Waals surface area contributed by atoms with Gasteiger partial charge in [0.1, 0.15) is 0 Å². The summed E-state index contributed by atoms with van der Waals surface area (Å²) < 4.78 is 4.85. The topological polar surface area (TPSA) is 51.2 Å². The molecule has 1 unspecified atom stereocenters. The van der Waals surface area contributed by atoms with Gasteiger partial charge in [-0.25, -0.2) is 0 Å². The Morgan fingerprint density at radius 3 is 3.00 bits per heavy atom. The molecule has 0 spiro atoms. The SMILES string of the molecule is CCOC(=O)CCCNC(C)c1ccccn1. The summed E-state index contributed by atoms with van der Waals surface area (Å²) in [6.45, 7) is 5.12. The van der Waals surface area contributed by atoms with Gasteiger partial charge in [-0.05, 0) is 38.9 Å². The Morgan fingerprint density at radius 2 is 2.35 bits per heavy atom. The molecule has 94 valence electrons. The Balaban J connectivity index is 2.17. The highest BCUT2D eigenvalue weighted by Crippen LogP contribution is 2.07. The third-order valence-corrected chi connectivity index (χ3v) is 2.44. The van der Waals surface area contributed by atoms with E-state index in [1.54, 1.807) is 6.20 Å². The number of hydrogen-bond acceptors (Lipinski definition) is 4. The zero-order valence-electron chi connectivity index (χ0n) is 10.5. The summed E-state index contributed by atoms with van der Waals surface area (Å²) in [5.41, 5.74) is 1.02. The van der Waals surface area contributed by atoms with Crippen molar-refractivity contribution in [2.45, 2.75) is 32.7 Å². The van der Waals surface area contributed by atoms with Crippen LogP contribution in [-0.4, -0.2) is 24.1 Å². The highest BCUT2D eigenvalue weighted by atomic mass is 16.5. The maximum atomic E-state index is 11.1. The smallest absolute Gasteiger partial charge is 0.305 e. The molecule has 1 rings (SSSR count). The van der Waals surface area contributed by atoms with Gasteiger partial charge in [-0.3, -0.25) is 9.78 Å². The van der Waals surface area contributed by atoms with Crippen molar-refractivity contribution < 1.29 is 9.53 Å². The van der Waals surface area contributed by atoms with Crippen molar-refractivity contribution >= 4 is 5.97 Å². The Hall–Kier alpha value is -1.42. The number of pyridine rings is 1. The molecule has 0 aromatic carbocycles. The predicted octanol–water partition coefficient (Wildman–Crippen LogP) is 2.08. The van der Waals surface area contributed by atoms with Crippen molar-refractivity contribution in [3.05, 3.63) is 30.1 Å². The standard InChI is InChI=1S/C13H20N2O2/c1-3-17-13(16)8-6-10-14-11(2)12-7-4-5-9-15-12/h4-5,7,9,11,14H,3,6,8,10H2,1-2H3. The normalized spacial score (nSPS) is 12.1. The van der Waals surface area contributed by atoms with Gasteiger partial charge >= 0.3 is 5.97 Å². The minimum atomic E-state index is -0.125. The lowest BCUT2D eigenvalue weighted by Crippen LogP contribution is -2.21. The number of esters is 1. The number of carbonyl (C=O) groups excluding carboxylic acids is 1. The molecule has 1 atom stereocenters. The van der Waals surface area contributed by atoms with E-state index in [-0.39, 0.29) is 12.0 Å². The van der Waals surface area contributed by atoms with E-state index in [0.717, 1.165) is 18.7 Å². The van der Waals surface area contributed by atoms with Gasteiger partial charge in [0, 0.05) is 18.7 Å². The van der Waals surface area contributed by atoms with E-state index in [4.69, 9.17) is 4.74 Å². The van der Waals surface area contributed by atoms with Crippen LogP contribution in [0.4, 0.5) is 0 Å². The van der Waals surface area contributed by atoms with Crippen LogP contribution in [0.25, 0.3) is 0 Å². The van der Waals surface area contributed by atoms with Crippen LogP contribution in [0.5, 0.6) is 0 Å². The van der Waals surface area contributed by atoms with Crippen LogP contribution in [0.15, 0.2) is 24.4 Å². The molecule has 0 saturated heterocycles. The maximum Gasteiger partial charge on any atom is 0.305 e. The lowest BCUT2D eigenvalue weighted by molar-refractivity contribution is -0.143. The summed E-state index contributed by atoms with van der Waals surface area (Å²) >= 11 is 0. The van der Waals surface area contributed by atoms with E-state index in [9.17, 15) is 4.79 Å². The summed E-state index contributed by atoms with van der Waals surface area (Å²) in [4.78, 5) is 15.4. The molecular weight excluding hydrogens is 216 g/mol. The Labute approximate surface area is 102 Å². The molecule has 17 heavy (non-hydrogen) atoms. The molecule has 0 aliphatic carbocycles. The number of ether oxygens (including phenoxy) is 1. The second-order valence-corrected chi connectivity index (χ2v) is 3.84. The Morgan fingerprint density at radius 1 is 1.53 bits per heavy atom. The Kier molecular flexibility index (Phi) is 6.25. The van der Waals surface area contributed by atoms with Gasteiger partial charge in [0.25, 0.3) is 0 Å². The second-order valence-electron chi connectivity index (χ2n) is 3.84. The highest BCUT2D eigenvalue weighted by Gasteiger charge is 2.05. The minimum Gasteiger partial charge on any atom is -0.466 e. The van der Waals surface area contributed by atoms with E-state index in [0.29, 0.717) is 13.0 Å². The first-order valence-corrected chi connectivity index (χ1v) is 6.04. The van der Waals surface area contributed by atoms with Crippen molar-refractivity contribution in [2.24, 2.45) is 0 Å². The summed E-state index contributed by atoms with van der Waals surface area (Å²) in [6, 6.07) is 6.07. The molecule has 4 heteroatoms. The fraction of sp³-hybridized carbons (Fsp3) is 0.538. The minimum absolute atomic E-state index is 0.125. The van der Waals surface area contributed by atoms with Crippen LogP contribution in [0.2, 0.25) is 0 Å². The average molecular weight is 236 g/mol. The van der Waals surface area contributed by atoms with Crippen LogP contribution < -0.4 is 5.32 Å². The van der Waals surface area contributed by atoms with Crippen molar-refractivity contribution in [1.82, 2.24) is 10.3 Å². The molecule has 4 nitrogen and oxygen atoms in total. The van der Waals surface area contributed by atoms with Gasteiger partial charge in [0.15, 0.2) is 0 Å². The quantitative estimate of drug-likeness (QED) is 0.581. The molecule has 0 saturated carbocycles. The van der Waals surface area contributed by atoms with Crippen LogP contribution in [0.3, 0.4) is 0 Å². The van der Waals surface area contributed by atoms with Gasteiger partial charge in [-0.2, -0.15) is 0 Å². The summed E-state index contributed by atoms with van der Waals surface area (Å²) in [5, 5.41) is 3.33. The zero-order valence-corrected chi connectivity index (χ0v) is 10.5. The molecule has 0 fully saturated rings. The van der Waals surface area contributed by atoms with E-state index >= 15 is 0 Å². The average Bonchev–Trinajstić information content (AvgIpc) is 2.36. The molecule has 1 N–H and O–H groups in total. The highest BCUT2D eigenvalue weighted by molar-refractivity contribution is 5.69. The fourth-order valence-corrected chi connectivity index (χ4v) is 1.52. The number of carbonyl (C=O) groups is 1. The summed E-state index contributed by atoms with van der Waals surface area (Å²) in [6.07, 6.45) is 3.04. The number of nitrogens with one attached hydrogen (secondary N) is 1. The molecular formula is C13H20N2O2. The van der Waals surface area contributed by atoms with Crippen LogP contribution in [0, 0.1) is 0 Å². The van der Waals surface area contributed by atoms with Crippen LogP contribution in [0.1, 0.15) is 38.4 Å². The zero-order chi connectivity index (χ0) is 12.5. The largest absolute Gasteiger partial charge is 0.466 e. The van der Waals surface area contributed by atoms with Crippen molar-refractivity contribution in [3.63, 3.8) is 0 Å². The molecule has 1 aromatic heterocycles. The maximum absolute atomic E-state index is 11.1. The number of aromatic nitrogens is 1. The third kappa shape index (κ3) is 5.45. The van der Waals surface area contributed by atoms with Crippen LogP contribution >= 0.6 is 0 Å². The van der Waals surface area contributed by atoms with E-state index < -0.39 is 0 Å². The van der Waals surface area contributed by atoms with E-state index in [1.165, 1.54) is 0 Å². The van der Waals surface area contributed by atoms with Crippen molar-refractivity contribution in [3.8, 4) is 0 Å². The van der Waals surface area contributed by atoms with Crippen LogP contribution in [-0.2, 0) is 9.53 Å². The van der Waals surface area contributed by atoms with Gasteiger partial charge in [-0.1, -0.05) is 6.07 Å². The molecule has 0 aliphatic heterocycles. The number of hydrogen-bond donors (Lipinski definition) is 1. The van der Waals surface area contributed by atoms with Gasteiger partial charge in [0.05, 0.1) is 12.3 Å². The lowest BCUT2D eigenvalue weighted by atomic mass is 10.2. The third-order valence-electron chi connectivity index (χ3n) is 2.44. The summed E-state index contributed by atoms with van der Waals surface area (Å²) in [7, 11) is 0. The molecule has 0 radical (unpaired) electrons. The summed E-state index contributed by atoms with van der Waals surface area (Å²) in [5.74, 6) is -0.125. The second kappa shape index (κ2) is 7.79. The lowest BCUT2D eigenvalue weighted by Gasteiger charge is -2.12. The molecule has 1 aromatic rings. The van der Waals surface area contributed by atoms with Gasteiger partial charge in [0.2, 0.25) is 0 Å². The number of rotatable bonds is 7. The predicted molar refractivity (Wildman–Crippen MR) is 66.5 cm³/mol. The first-order valence-electron chi connectivity index (χ1n) is 6.04. The first-order chi connectivity index (χ1) is 8.24. The molecule has 0 bridgehead atoms. The Bertz CT molecular complexity index is 327. The monoisotopic (exact) mass is 236 g/mol. The molecule has 1 heterocycles. The van der Waals surface area contributed by atoms with E-state index in [2.05, 4.69) is 17.2 Å². The number of nitrogens with zero attached hydrogens (tertiary/aromatic N) is 1. The fourth-order valence-electron chi connectivity index (χ4n) is 1.52. The van der Waals surface area contributed by atoms with E-state index in [1.807, 2.05) is 25.1 Å². The van der Waals surface area contributed by atoms with Gasteiger partial charge < -0.3 is 10.1 Å². The van der Waals surface area contributed by atoms with Crippen molar-refractivity contribution in [1.29, 1.82) is 0 Å².